The van der Waals surface area contributed by atoms with Crippen molar-refractivity contribution < 1.29 is 23.5 Å². The average molecular weight is 420 g/mol. The zero-order chi connectivity index (χ0) is 22.2. The lowest BCUT2D eigenvalue weighted by atomic mass is 10.1. The number of esters is 1. The van der Waals surface area contributed by atoms with E-state index in [0.29, 0.717) is 0 Å². The van der Waals surface area contributed by atoms with Crippen LogP contribution in [0.15, 0.2) is 71.3 Å². The van der Waals surface area contributed by atoms with Crippen molar-refractivity contribution in [2.75, 3.05) is 11.9 Å². The molecule has 1 atom stereocenters. The van der Waals surface area contributed by atoms with Gasteiger partial charge in [-0.05, 0) is 48.7 Å². The molecule has 0 unspecified atom stereocenters. The highest BCUT2D eigenvalue weighted by Gasteiger charge is 2.18. The number of nitrogens with one attached hydrogen (secondary N) is 2. The third-order valence-corrected chi connectivity index (χ3v) is 4.74. The SMILES string of the molecule is CCc1ccc([C@H](C)NC(=O)COC(=O)c2ccccc2NC(=O)c2ccco2)cc1. The number of benzene rings is 2. The van der Waals surface area contributed by atoms with Crippen LogP contribution in [0.25, 0.3) is 0 Å². The largest absolute Gasteiger partial charge is 0.459 e. The number of ether oxygens (including phenoxy) is 1. The number of aryl methyl sites for hydroxylation is 1. The highest BCUT2D eigenvalue weighted by molar-refractivity contribution is 6.06. The number of furan rings is 1. The molecule has 0 aliphatic heterocycles. The Hall–Kier alpha value is -3.87. The minimum absolute atomic E-state index is 0.114. The number of rotatable bonds is 8. The fourth-order valence-corrected chi connectivity index (χ4v) is 2.98. The van der Waals surface area contributed by atoms with Crippen LogP contribution in [0.1, 0.15) is 51.9 Å². The van der Waals surface area contributed by atoms with Crippen molar-refractivity contribution in [1.29, 1.82) is 0 Å². The summed E-state index contributed by atoms with van der Waals surface area (Å²) in [7, 11) is 0. The minimum atomic E-state index is -0.717. The van der Waals surface area contributed by atoms with Gasteiger partial charge in [0.25, 0.3) is 11.8 Å². The molecule has 0 saturated carbocycles. The Morgan fingerprint density at radius 2 is 1.74 bits per heavy atom. The third kappa shape index (κ3) is 5.82. The maximum Gasteiger partial charge on any atom is 0.340 e. The Kier molecular flexibility index (Phi) is 7.22. The van der Waals surface area contributed by atoms with Gasteiger partial charge in [0, 0.05) is 0 Å². The van der Waals surface area contributed by atoms with Crippen LogP contribution in [-0.4, -0.2) is 24.4 Å². The second kappa shape index (κ2) is 10.2. The number of para-hydroxylation sites is 1. The van der Waals surface area contributed by atoms with Crippen LogP contribution in [0.5, 0.6) is 0 Å². The van der Waals surface area contributed by atoms with Gasteiger partial charge < -0.3 is 19.8 Å². The molecule has 2 N–H and O–H groups in total. The van der Waals surface area contributed by atoms with Crippen LogP contribution in [0, 0.1) is 0 Å². The number of carbonyl (C=O) groups excluding carboxylic acids is 3. The molecule has 3 rings (SSSR count). The first-order valence-corrected chi connectivity index (χ1v) is 9.97. The van der Waals surface area contributed by atoms with Crippen molar-refractivity contribution >= 4 is 23.5 Å². The van der Waals surface area contributed by atoms with Crippen molar-refractivity contribution in [2.24, 2.45) is 0 Å². The molecule has 0 fully saturated rings. The topological polar surface area (TPSA) is 97.6 Å². The summed E-state index contributed by atoms with van der Waals surface area (Å²) < 4.78 is 10.2. The molecule has 1 aromatic heterocycles. The third-order valence-electron chi connectivity index (χ3n) is 4.74. The summed E-state index contributed by atoms with van der Waals surface area (Å²) >= 11 is 0. The van der Waals surface area contributed by atoms with Gasteiger partial charge in [0.1, 0.15) is 0 Å². The number of hydrogen-bond acceptors (Lipinski definition) is 5. The van der Waals surface area contributed by atoms with Gasteiger partial charge in [-0.3, -0.25) is 9.59 Å². The molecular formula is C24H24N2O5. The lowest BCUT2D eigenvalue weighted by Crippen LogP contribution is -2.31. The molecule has 2 aromatic carbocycles. The lowest BCUT2D eigenvalue weighted by molar-refractivity contribution is -0.124. The number of amides is 2. The Morgan fingerprint density at radius 1 is 1.00 bits per heavy atom. The van der Waals surface area contributed by atoms with Gasteiger partial charge in [0.05, 0.1) is 23.6 Å². The van der Waals surface area contributed by atoms with E-state index in [1.54, 1.807) is 24.3 Å². The van der Waals surface area contributed by atoms with Crippen LogP contribution < -0.4 is 10.6 Å². The van der Waals surface area contributed by atoms with E-state index in [-0.39, 0.29) is 23.1 Å². The predicted octanol–water partition coefficient (Wildman–Crippen LogP) is 4.13. The summed E-state index contributed by atoms with van der Waals surface area (Å²) in [5, 5.41) is 5.42. The van der Waals surface area contributed by atoms with E-state index in [1.807, 2.05) is 31.2 Å². The van der Waals surface area contributed by atoms with Crippen LogP contribution >= 0.6 is 0 Å². The summed E-state index contributed by atoms with van der Waals surface area (Å²) in [6.45, 7) is 3.51. The fraction of sp³-hybridized carbons (Fsp3) is 0.208. The van der Waals surface area contributed by atoms with Crippen molar-refractivity contribution in [3.8, 4) is 0 Å². The van der Waals surface area contributed by atoms with E-state index in [2.05, 4.69) is 17.6 Å². The van der Waals surface area contributed by atoms with Gasteiger partial charge in [0.15, 0.2) is 12.4 Å². The smallest absolute Gasteiger partial charge is 0.340 e. The summed E-state index contributed by atoms with van der Waals surface area (Å²) in [6, 6.07) is 17.2. The van der Waals surface area contributed by atoms with E-state index < -0.39 is 24.4 Å². The second-order valence-corrected chi connectivity index (χ2v) is 6.94. The van der Waals surface area contributed by atoms with Crippen LogP contribution in [0.2, 0.25) is 0 Å². The van der Waals surface area contributed by atoms with Crippen molar-refractivity contribution in [1.82, 2.24) is 5.32 Å². The molecule has 0 spiro atoms. The zero-order valence-electron chi connectivity index (χ0n) is 17.4. The Morgan fingerprint density at radius 3 is 2.42 bits per heavy atom. The predicted molar refractivity (Wildman–Crippen MR) is 116 cm³/mol. The van der Waals surface area contributed by atoms with Crippen LogP contribution in [-0.2, 0) is 16.0 Å². The molecule has 7 nitrogen and oxygen atoms in total. The molecule has 31 heavy (non-hydrogen) atoms. The van der Waals surface area contributed by atoms with Crippen LogP contribution in [0.4, 0.5) is 5.69 Å². The maximum atomic E-state index is 12.5. The first-order valence-electron chi connectivity index (χ1n) is 9.97. The standard InChI is InChI=1S/C24H24N2O5/c1-3-17-10-12-18(13-11-17)16(2)25-22(27)15-31-24(29)19-7-4-5-8-20(19)26-23(28)21-9-6-14-30-21/h4-14,16H,3,15H2,1-2H3,(H,25,27)(H,26,28)/t16-/m0/s1. The molecule has 160 valence electrons. The fourth-order valence-electron chi connectivity index (χ4n) is 2.98. The molecule has 0 aliphatic rings. The van der Waals surface area contributed by atoms with Crippen molar-refractivity contribution in [3.63, 3.8) is 0 Å². The van der Waals surface area contributed by atoms with E-state index in [9.17, 15) is 14.4 Å². The second-order valence-electron chi connectivity index (χ2n) is 6.94. The van der Waals surface area contributed by atoms with E-state index in [4.69, 9.17) is 9.15 Å². The van der Waals surface area contributed by atoms with E-state index >= 15 is 0 Å². The van der Waals surface area contributed by atoms with Gasteiger partial charge >= 0.3 is 5.97 Å². The summed E-state index contributed by atoms with van der Waals surface area (Å²) in [4.78, 5) is 36.9. The maximum absolute atomic E-state index is 12.5. The summed E-state index contributed by atoms with van der Waals surface area (Å²) in [6.07, 6.45) is 2.33. The average Bonchev–Trinajstić information content (AvgIpc) is 3.33. The number of hydrogen-bond donors (Lipinski definition) is 2. The molecule has 0 aliphatic carbocycles. The Bertz CT molecular complexity index is 1040. The Labute approximate surface area is 180 Å². The molecule has 1 heterocycles. The van der Waals surface area contributed by atoms with Crippen molar-refractivity contribution in [3.05, 3.63) is 89.4 Å². The molecule has 0 bridgehead atoms. The minimum Gasteiger partial charge on any atom is -0.459 e. The first kappa shape index (κ1) is 21.8. The van der Waals surface area contributed by atoms with Gasteiger partial charge in [-0.25, -0.2) is 4.79 Å². The molecule has 7 heteroatoms. The molecule has 3 aromatic rings. The quantitative estimate of drug-likeness (QED) is 0.534. The number of carbonyl (C=O) groups is 3. The first-order chi connectivity index (χ1) is 15.0. The molecule has 0 radical (unpaired) electrons. The Balaban J connectivity index is 1.56. The lowest BCUT2D eigenvalue weighted by Gasteiger charge is -2.15. The van der Waals surface area contributed by atoms with Crippen LogP contribution in [0.3, 0.4) is 0 Å². The molecule has 0 saturated heterocycles. The number of anilines is 1. The van der Waals surface area contributed by atoms with Gasteiger partial charge in [-0.1, -0.05) is 43.3 Å². The van der Waals surface area contributed by atoms with Gasteiger partial charge in [-0.2, -0.15) is 0 Å². The van der Waals surface area contributed by atoms with Crippen molar-refractivity contribution in [2.45, 2.75) is 26.3 Å². The monoisotopic (exact) mass is 420 g/mol. The van der Waals surface area contributed by atoms with E-state index in [0.717, 1.165) is 12.0 Å². The van der Waals surface area contributed by atoms with E-state index in [1.165, 1.54) is 24.0 Å². The van der Waals surface area contributed by atoms with Gasteiger partial charge in [-0.15, -0.1) is 0 Å². The summed E-state index contributed by atoms with van der Waals surface area (Å²) in [5.74, 6) is -1.52. The normalized spacial score (nSPS) is 11.4. The zero-order valence-corrected chi connectivity index (χ0v) is 17.4. The molecule has 2 amide bonds. The summed E-state index contributed by atoms with van der Waals surface area (Å²) in [5.41, 5.74) is 2.58. The van der Waals surface area contributed by atoms with Gasteiger partial charge in [0.2, 0.25) is 0 Å². The highest BCUT2D eigenvalue weighted by Crippen LogP contribution is 2.18. The molecular weight excluding hydrogens is 396 g/mol. The highest BCUT2D eigenvalue weighted by atomic mass is 16.5.